The molecule has 102 valence electrons. The first-order valence-electron chi connectivity index (χ1n) is 6.67. The fraction of sp³-hybridized carbons (Fsp3) is 0.188. The molecular formula is C16H17N3S. The second-order valence-electron chi connectivity index (χ2n) is 4.70. The average Bonchev–Trinajstić information content (AvgIpc) is 3.01. The Hall–Kier alpha value is -1.75. The van der Waals surface area contributed by atoms with Crippen molar-refractivity contribution in [2.75, 3.05) is 6.54 Å². The average molecular weight is 283 g/mol. The topological polar surface area (TPSA) is 50.9 Å². The van der Waals surface area contributed by atoms with Crippen LogP contribution in [0.3, 0.4) is 0 Å². The summed E-state index contributed by atoms with van der Waals surface area (Å²) in [5, 5.41) is 7.99. The van der Waals surface area contributed by atoms with Gasteiger partial charge in [-0.05, 0) is 22.4 Å². The van der Waals surface area contributed by atoms with Crippen LogP contribution in [-0.4, -0.2) is 11.5 Å². The van der Waals surface area contributed by atoms with Crippen LogP contribution in [0.5, 0.6) is 0 Å². The Balaban J connectivity index is 1.87. The Morgan fingerprint density at radius 3 is 2.85 bits per heavy atom. The molecule has 2 aromatic heterocycles. The maximum absolute atomic E-state index is 5.95. The minimum absolute atomic E-state index is 0.121. The van der Waals surface area contributed by atoms with Crippen molar-refractivity contribution < 1.29 is 0 Å². The van der Waals surface area contributed by atoms with Crippen LogP contribution in [-0.2, 0) is 6.54 Å². The smallest absolute Gasteiger partial charge is 0.0468 e. The molecule has 0 aliphatic carbocycles. The van der Waals surface area contributed by atoms with Crippen molar-refractivity contribution in [2.45, 2.75) is 12.6 Å². The molecule has 2 heterocycles. The summed E-state index contributed by atoms with van der Waals surface area (Å²) in [7, 11) is 0. The number of aromatic nitrogens is 1. The maximum atomic E-state index is 5.95. The molecule has 0 amide bonds. The van der Waals surface area contributed by atoms with Gasteiger partial charge in [-0.15, -0.1) is 11.3 Å². The summed E-state index contributed by atoms with van der Waals surface area (Å²) >= 11 is 1.76. The highest BCUT2D eigenvalue weighted by molar-refractivity contribution is 7.09. The van der Waals surface area contributed by atoms with Gasteiger partial charge in [0.2, 0.25) is 0 Å². The zero-order valence-electron chi connectivity index (χ0n) is 11.1. The quantitative estimate of drug-likeness (QED) is 0.756. The lowest BCUT2D eigenvalue weighted by Crippen LogP contribution is -2.27. The number of rotatable bonds is 5. The number of hydrogen-bond donors (Lipinski definition) is 2. The van der Waals surface area contributed by atoms with E-state index in [2.05, 4.69) is 46.0 Å². The Kier molecular flexibility index (Phi) is 4.06. The van der Waals surface area contributed by atoms with Gasteiger partial charge in [0.05, 0.1) is 0 Å². The van der Waals surface area contributed by atoms with Crippen LogP contribution in [0.2, 0.25) is 0 Å². The monoisotopic (exact) mass is 283 g/mol. The number of thiophene rings is 1. The van der Waals surface area contributed by atoms with Gasteiger partial charge in [-0.25, -0.2) is 0 Å². The Morgan fingerprint density at radius 1 is 1.15 bits per heavy atom. The van der Waals surface area contributed by atoms with E-state index in [4.69, 9.17) is 5.73 Å². The zero-order valence-corrected chi connectivity index (χ0v) is 11.9. The highest BCUT2D eigenvalue weighted by Crippen LogP contribution is 2.23. The van der Waals surface area contributed by atoms with Gasteiger partial charge in [0.1, 0.15) is 0 Å². The third-order valence-electron chi connectivity index (χ3n) is 3.41. The van der Waals surface area contributed by atoms with Crippen LogP contribution >= 0.6 is 11.3 Å². The van der Waals surface area contributed by atoms with Crippen molar-refractivity contribution in [3.8, 4) is 0 Å². The van der Waals surface area contributed by atoms with Crippen molar-refractivity contribution in [2.24, 2.45) is 5.73 Å². The zero-order chi connectivity index (χ0) is 13.8. The van der Waals surface area contributed by atoms with E-state index < -0.39 is 0 Å². The first-order valence-corrected chi connectivity index (χ1v) is 7.55. The highest BCUT2D eigenvalue weighted by atomic mass is 32.1. The number of nitrogens with zero attached hydrogens (tertiary/aromatic N) is 1. The highest BCUT2D eigenvalue weighted by Gasteiger charge is 2.12. The van der Waals surface area contributed by atoms with E-state index in [1.807, 2.05) is 18.5 Å². The Morgan fingerprint density at radius 2 is 2.05 bits per heavy atom. The van der Waals surface area contributed by atoms with Crippen LogP contribution in [0, 0.1) is 0 Å². The van der Waals surface area contributed by atoms with E-state index in [1.165, 1.54) is 15.8 Å². The molecule has 0 saturated carbocycles. The van der Waals surface area contributed by atoms with E-state index in [0.29, 0.717) is 6.54 Å². The molecule has 4 heteroatoms. The molecule has 0 saturated heterocycles. The molecule has 20 heavy (non-hydrogen) atoms. The molecule has 0 aliphatic heterocycles. The van der Waals surface area contributed by atoms with Gasteiger partial charge in [0, 0.05) is 41.8 Å². The molecule has 1 unspecified atom stereocenters. The minimum atomic E-state index is 0.121. The van der Waals surface area contributed by atoms with Crippen LogP contribution in [0.4, 0.5) is 0 Å². The fourth-order valence-electron chi connectivity index (χ4n) is 2.37. The number of benzene rings is 1. The molecule has 3 nitrogen and oxygen atoms in total. The first kappa shape index (κ1) is 13.2. The second-order valence-corrected chi connectivity index (χ2v) is 5.73. The van der Waals surface area contributed by atoms with E-state index in [-0.39, 0.29) is 6.04 Å². The summed E-state index contributed by atoms with van der Waals surface area (Å²) < 4.78 is 0. The standard InChI is InChI=1S/C16H17N3S/c17-8-16(19-10-13-5-3-7-20-13)15-11-18-9-12-4-1-2-6-14(12)15/h1-7,9,11,16,19H,8,10,17H2. The summed E-state index contributed by atoms with van der Waals surface area (Å²) in [5.41, 5.74) is 7.12. The Bertz CT molecular complexity index is 674. The third-order valence-corrected chi connectivity index (χ3v) is 4.29. The molecule has 3 rings (SSSR count). The third kappa shape index (κ3) is 2.72. The summed E-state index contributed by atoms with van der Waals surface area (Å²) in [6.45, 7) is 1.39. The summed E-state index contributed by atoms with van der Waals surface area (Å²) in [5.74, 6) is 0. The molecule has 0 fully saturated rings. The van der Waals surface area contributed by atoms with Gasteiger partial charge in [-0.3, -0.25) is 4.98 Å². The van der Waals surface area contributed by atoms with Crippen molar-refractivity contribution in [3.63, 3.8) is 0 Å². The van der Waals surface area contributed by atoms with Gasteiger partial charge < -0.3 is 11.1 Å². The lowest BCUT2D eigenvalue weighted by molar-refractivity contribution is 0.547. The molecule has 3 N–H and O–H groups in total. The molecular weight excluding hydrogens is 266 g/mol. The molecule has 0 radical (unpaired) electrons. The normalized spacial score (nSPS) is 12.7. The predicted octanol–water partition coefficient (Wildman–Crippen LogP) is 3.09. The molecule has 0 bridgehead atoms. The van der Waals surface area contributed by atoms with Gasteiger partial charge >= 0.3 is 0 Å². The Labute approximate surface area is 122 Å². The lowest BCUT2D eigenvalue weighted by Gasteiger charge is -2.18. The first-order chi connectivity index (χ1) is 9.88. The van der Waals surface area contributed by atoms with Crippen LogP contribution in [0.15, 0.2) is 54.2 Å². The second kappa shape index (κ2) is 6.13. The van der Waals surface area contributed by atoms with E-state index in [0.717, 1.165) is 11.9 Å². The van der Waals surface area contributed by atoms with Gasteiger partial charge in [0.15, 0.2) is 0 Å². The molecule has 0 spiro atoms. The van der Waals surface area contributed by atoms with Gasteiger partial charge in [0.25, 0.3) is 0 Å². The predicted molar refractivity (Wildman–Crippen MR) is 84.7 cm³/mol. The summed E-state index contributed by atoms with van der Waals surface area (Å²) in [6, 6.07) is 12.6. The maximum Gasteiger partial charge on any atom is 0.0468 e. The van der Waals surface area contributed by atoms with Crippen LogP contribution in [0.25, 0.3) is 10.8 Å². The number of pyridine rings is 1. The molecule has 0 aliphatic rings. The van der Waals surface area contributed by atoms with E-state index in [1.54, 1.807) is 11.3 Å². The molecule has 1 aromatic carbocycles. The van der Waals surface area contributed by atoms with Crippen LogP contribution in [0.1, 0.15) is 16.5 Å². The van der Waals surface area contributed by atoms with Crippen molar-refractivity contribution >= 4 is 22.1 Å². The largest absolute Gasteiger partial charge is 0.329 e. The minimum Gasteiger partial charge on any atom is -0.329 e. The van der Waals surface area contributed by atoms with E-state index >= 15 is 0 Å². The summed E-state index contributed by atoms with van der Waals surface area (Å²) in [4.78, 5) is 5.65. The lowest BCUT2D eigenvalue weighted by atomic mass is 10.0. The van der Waals surface area contributed by atoms with Crippen molar-refractivity contribution in [1.82, 2.24) is 10.3 Å². The summed E-state index contributed by atoms with van der Waals surface area (Å²) in [6.07, 6.45) is 3.81. The SMILES string of the molecule is NCC(NCc1cccs1)c1cncc2ccccc12. The number of nitrogens with two attached hydrogens (primary N) is 1. The van der Waals surface area contributed by atoms with Crippen LogP contribution < -0.4 is 11.1 Å². The van der Waals surface area contributed by atoms with Crippen molar-refractivity contribution in [3.05, 3.63) is 64.6 Å². The number of nitrogens with one attached hydrogen (secondary N) is 1. The number of fused-ring (bicyclic) bond motifs is 1. The number of hydrogen-bond acceptors (Lipinski definition) is 4. The fourth-order valence-corrected chi connectivity index (χ4v) is 3.03. The molecule has 1 atom stereocenters. The van der Waals surface area contributed by atoms with E-state index in [9.17, 15) is 0 Å². The van der Waals surface area contributed by atoms with Gasteiger partial charge in [-0.1, -0.05) is 30.3 Å². The van der Waals surface area contributed by atoms with Crippen molar-refractivity contribution in [1.29, 1.82) is 0 Å². The molecule has 3 aromatic rings. The van der Waals surface area contributed by atoms with Gasteiger partial charge in [-0.2, -0.15) is 0 Å².